The molecule has 0 aromatic carbocycles. The maximum absolute atomic E-state index is 12.6. The Balaban J connectivity index is 3.12. The number of ether oxygens (including phenoxy) is 3. The number of esters is 2. The molecule has 0 saturated carbocycles. The number of piperidine rings is 1. The lowest BCUT2D eigenvalue weighted by atomic mass is 9.77. The Morgan fingerprint density at radius 1 is 1.00 bits per heavy atom. The molecular weight excluding hydrogens is 462 g/mol. The van der Waals surface area contributed by atoms with Gasteiger partial charge in [0.15, 0.2) is 0 Å². The normalized spacial score (nSPS) is 17.5. The van der Waals surface area contributed by atoms with Gasteiger partial charge in [0.05, 0.1) is 20.1 Å². The average molecular weight is 502 g/mol. The van der Waals surface area contributed by atoms with Gasteiger partial charge in [-0.2, -0.15) is 0 Å². The number of nitrogens with one attached hydrogen (secondary N) is 1. The van der Waals surface area contributed by atoms with Crippen LogP contribution in [-0.2, 0) is 28.6 Å². The molecule has 1 heterocycles. The fraction of sp³-hybridized carbons (Fsp3) is 0.826. The molecule has 1 saturated heterocycles. The van der Waals surface area contributed by atoms with Gasteiger partial charge in [-0.25, -0.2) is 9.59 Å². The van der Waals surface area contributed by atoms with Gasteiger partial charge in [0, 0.05) is 42.7 Å². The van der Waals surface area contributed by atoms with Crippen LogP contribution >= 0.6 is 0 Å². The quantitative estimate of drug-likeness (QED) is 0.228. The Morgan fingerprint density at radius 3 is 1.91 bits per heavy atom. The van der Waals surface area contributed by atoms with Crippen molar-refractivity contribution < 1.29 is 38.3 Å². The summed E-state index contributed by atoms with van der Waals surface area (Å²) in [5.41, 5.74) is -2.95. The second-order valence-corrected chi connectivity index (χ2v) is 10.9. The molecule has 1 fully saturated rings. The van der Waals surface area contributed by atoms with E-state index in [1.807, 2.05) is 0 Å². The van der Waals surface area contributed by atoms with E-state index in [0.29, 0.717) is 0 Å². The number of hydrogen-bond acceptors (Lipinski definition) is 9. The van der Waals surface area contributed by atoms with Crippen LogP contribution in [0.2, 0.25) is 0 Å². The smallest absolute Gasteiger partial charge is 0.408 e. The number of carbonyl (C=O) groups is 4. The van der Waals surface area contributed by atoms with E-state index in [1.165, 1.54) is 0 Å². The third-order valence-corrected chi connectivity index (χ3v) is 5.87. The molecule has 1 rings (SSSR count). The zero-order chi connectivity index (χ0) is 27.2. The van der Waals surface area contributed by atoms with Crippen molar-refractivity contribution in [2.24, 2.45) is 11.3 Å². The zero-order valence-corrected chi connectivity index (χ0v) is 22.0. The molecule has 1 aliphatic rings. The van der Waals surface area contributed by atoms with Crippen molar-refractivity contribution in [3.8, 4) is 0 Å². The van der Waals surface area contributed by atoms with Gasteiger partial charge in [0.25, 0.3) is 0 Å². The van der Waals surface area contributed by atoms with E-state index in [2.05, 4.69) is 5.32 Å². The largest absolute Gasteiger partial charge is 0.469 e. The summed E-state index contributed by atoms with van der Waals surface area (Å²) >= 11 is 0. The van der Waals surface area contributed by atoms with Crippen molar-refractivity contribution in [3.63, 3.8) is 0 Å². The Bertz CT molecular complexity index is 806. The van der Waals surface area contributed by atoms with Gasteiger partial charge in [0.1, 0.15) is 11.6 Å². The second-order valence-electron chi connectivity index (χ2n) is 10.9. The van der Waals surface area contributed by atoms with Gasteiger partial charge in [-0.05, 0) is 27.2 Å². The SMILES string of the molecule is COC(=O)C(CC(NC(=O)OC(C)(C)C)C(=O)OC)CC1([N+](=O)[O-])CCN(C(=O)C(C)(C)C)CC1. The van der Waals surface area contributed by atoms with Crippen LogP contribution in [0.5, 0.6) is 0 Å². The van der Waals surface area contributed by atoms with E-state index in [9.17, 15) is 29.3 Å². The molecule has 0 aromatic heterocycles. The first kappa shape index (κ1) is 30.1. The molecular formula is C23H39N3O9. The van der Waals surface area contributed by atoms with Gasteiger partial charge < -0.3 is 24.4 Å². The summed E-state index contributed by atoms with van der Waals surface area (Å²) in [6, 6.07) is -1.29. The van der Waals surface area contributed by atoms with Gasteiger partial charge in [0.2, 0.25) is 11.4 Å². The Labute approximate surface area is 206 Å². The van der Waals surface area contributed by atoms with Crippen molar-refractivity contribution in [1.82, 2.24) is 10.2 Å². The van der Waals surface area contributed by atoms with E-state index < -0.39 is 51.5 Å². The minimum atomic E-state index is -1.50. The van der Waals surface area contributed by atoms with E-state index in [4.69, 9.17) is 14.2 Å². The molecule has 2 atom stereocenters. The van der Waals surface area contributed by atoms with Crippen molar-refractivity contribution in [2.45, 2.75) is 84.4 Å². The molecule has 0 bridgehead atoms. The fourth-order valence-corrected chi connectivity index (χ4v) is 4.04. The molecule has 0 aromatic rings. The number of carbonyl (C=O) groups excluding carboxylic acids is 4. The van der Waals surface area contributed by atoms with Crippen molar-refractivity contribution in [1.29, 1.82) is 0 Å². The Morgan fingerprint density at radius 2 is 1.51 bits per heavy atom. The highest BCUT2D eigenvalue weighted by atomic mass is 16.6. The summed E-state index contributed by atoms with van der Waals surface area (Å²) in [7, 11) is 2.27. The minimum Gasteiger partial charge on any atom is -0.469 e. The van der Waals surface area contributed by atoms with Crippen LogP contribution in [-0.4, -0.2) is 78.3 Å². The molecule has 12 heteroatoms. The van der Waals surface area contributed by atoms with Crippen LogP contribution in [0, 0.1) is 21.4 Å². The molecule has 0 spiro atoms. The summed E-state index contributed by atoms with van der Waals surface area (Å²) in [5.74, 6) is -2.77. The minimum absolute atomic E-state index is 0.0394. The number of likely N-dealkylation sites (tertiary alicyclic amines) is 1. The third-order valence-electron chi connectivity index (χ3n) is 5.87. The van der Waals surface area contributed by atoms with E-state index in [-0.39, 0.29) is 44.7 Å². The monoisotopic (exact) mass is 501 g/mol. The van der Waals surface area contributed by atoms with Crippen molar-refractivity contribution >= 4 is 23.9 Å². The predicted molar refractivity (Wildman–Crippen MR) is 125 cm³/mol. The maximum Gasteiger partial charge on any atom is 0.408 e. The van der Waals surface area contributed by atoms with Crippen LogP contribution in [0.3, 0.4) is 0 Å². The predicted octanol–water partition coefficient (Wildman–Crippen LogP) is 2.31. The first-order valence-corrected chi connectivity index (χ1v) is 11.5. The number of hydrogen-bond donors (Lipinski definition) is 1. The maximum atomic E-state index is 12.6. The van der Waals surface area contributed by atoms with Crippen molar-refractivity contribution in [2.75, 3.05) is 27.3 Å². The first-order valence-electron chi connectivity index (χ1n) is 11.5. The molecule has 0 aliphatic carbocycles. The number of nitrogens with zero attached hydrogens (tertiary/aromatic N) is 2. The molecule has 12 nitrogen and oxygen atoms in total. The van der Waals surface area contributed by atoms with Crippen LogP contribution < -0.4 is 5.32 Å². The molecule has 1 aliphatic heterocycles. The molecule has 0 radical (unpaired) electrons. The molecule has 2 unspecified atom stereocenters. The molecule has 200 valence electrons. The standard InChI is InChI=1S/C23H39N3O9/c1-21(2,3)19(29)25-11-9-23(10-12-25,26(31)32)14-15(17(27)33-7)13-16(18(28)34-8)24-20(30)35-22(4,5)6/h15-16H,9-14H2,1-8H3,(H,24,30). The zero-order valence-electron chi connectivity index (χ0n) is 22.0. The highest BCUT2D eigenvalue weighted by Crippen LogP contribution is 2.35. The summed E-state index contributed by atoms with van der Waals surface area (Å²) in [5, 5.41) is 14.6. The Hall–Kier alpha value is -2.92. The average Bonchev–Trinajstić information content (AvgIpc) is 2.74. The summed E-state index contributed by atoms with van der Waals surface area (Å²) < 4.78 is 14.8. The third kappa shape index (κ3) is 8.66. The summed E-state index contributed by atoms with van der Waals surface area (Å²) in [6.07, 6.45) is -1.32. The fourth-order valence-electron chi connectivity index (χ4n) is 4.04. The van der Waals surface area contributed by atoms with E-state index >= 15 is 0 Å². The van der Waals surface area contributed by atoms with Crippen LogP contribution in [0.1, 0.15) is 67.2 Å². The van der Waals surface area contributed by atoms with Crippen LogP contribution in [0.25, 0.3) is 0 Å². The number of nitro groups is 1. The lowest BCUT2D eigenvalue weighted by molar-refractivity contribution is -0.577. The summed E-state index contributed by atoms with van der Waals surface area (Å²) in [6.45, 7) is 10.6. The van der Waals surface area contributed by atoms with Gasteiger partial charge in [-0.15, -0.1) is 0 Å². The number of rotatable bonds is 8. The Kier molecular flexibility index (Phi) is 10.0. The van der Waals surface area contributed by atoms with E-state index in [1.54, 1.807) is 46.4 Å². The van der Waals surface area contributed by atoms with Crippen molar-refractivity contribution in [3.05, 3.63) is 10.1 Å². The van der Waals surface area contributed by atoms with Crippen LogP contribution in [0.15, 0.2) is 0 Å². The highest BCUT2D eigenvalue weighted by Gasteiger charge is 2.50. The highest BCUT2D eigenvalue weighted by molar-refractivity contribution is 5.83. The molecule has 35 heavy (non-hydrogen) atoms. The number of methoxy groups -OCH3 is 2. The molecule has 2 amide bonds. The second kappa shape index (κ2) is 11.7. The van der Waals surface area contributed by atoms with Gasteiger partial charge >= 0.3 is 18.0 Å². The lowest BCUT2D eigenvalue weighted by Crippen LogP contribution is -2.54. The van der Waals surface area contributed by atoms with Gasteiger partial charge in [-0.3, -0.25) is 19.7 Å². The van der Waals surface area contributed by atoms with Crippen LogP contribution in [0.4, 0.5) is 4.79 Å². The van der Waals surface area contributed by atoms with E-state index in [0.717, 1.165) is 14.2 Å². The summed E-state index contributed by atoms with van der Waals surface area (Å²) in [4.78, 5) is 63.2. The first-order chi connectivity index (χ1) is 16.0. The topological polar surface area (TPSA) is 154 Å². The number of amides is 2. The lowest BCUT2D eigenvalue weighted by Gasteiger charge is -2.39. The molecule has 1 N–H and O–H groups in total. The number of alkyl carbamates (subject to hydrolysis) is 1. The van der Waals surface area contributed by atoms with Gasteiger partial charge in [-0.1, -0.05) is 20.8 Å².